The third-order valence-electron chi connectivity index (χ3n) is 5.27. The van der Waals surface area contributed by atoms with Crippen molar-refractivity contribution in [3.8, 4) is 0 Å². The average Bonchev–Trinajstić information content (AvgIpc) is 2.79. The summed E-state index contributed by atoms with van der Waals surface area (Å²) in [5.41, 5.74) is 4.50. The molecule has 0 N–H and O–H groups in total. The number of amides is 1. The highest BCUT2D eigenvalue weighted by atomic mass is 16.5. The molecular formula is C21H28N2O2. The molecule has 0 radical (unpaired) electrons. The molecule has 0 unspecified atom stereocenters. The van der Waals surface area contributed by atoms with Crippen molar-refractivity contribution in [1.29, 1.82) is 0 Å². The highest BCUT2D eigenvalue weighted by Crippen LogP contribution is 2.31. The van der Waals surface area contributed by atoms with Crippen LogP contribution in [0.5, 0.6) is 0 Å². The van der Waals surface area contributed by atoms with Crippen LogP contribution >= 0.6 is 0 Å². The number of benzene rings is 1. The van der Waals surface area contributed by atoms with Gasteiger partial charge in [-0.05, 0) is 45.6 Å². The first kappa shape index (κ1) is 17.7. The second-order valence-electron chi connectivity index (χ2n) is 7.17. The van der Waals surface area contributed by atoms with E-state index >= 15 is 0 Å². The molecule has 4 heteroatoms. The van der Waals surface area contributed by atoms with Crippen LogP contribution in [0.15, 0.2) is 28.8 Å². The van der Waals surface area contributed by atoms with Crippen LogP contribution in [0.1, 0.15) is 66.3 Å². The number of carbonyl (C=O) groups excluding carboxylic acids is 1. The first-order valence-corrected chi connectivity index (χ1v) is 9.34. The van der Waals surface area contributed by atoms with E-state index in [1.54, 1.807) is 0 Å². The maximum absolute atomic E-state index is 13.0. The zero-order valence-electron chi connectivity index (χ0n) is 15.5. The summed E-state index contributed by atoms with van der Waals surface area (Å²) < 4.78 is 5.22. The van der Waals surface area contributed by atoms with Crippen LogP contribution in [0.4, 0.5) is 0 Å². The number of aromatic nitrogens is 1. The molecule has 1 aromatic heterocycles. The van der Waals surface area contributed by atoms with E-state index in [1.165, 1.54) is 24.0 Å². The van der Waals surface area contributed by atoms with Gasteiger partial charge in [-0.25, -0.2) is 0 Å². The second kappa shape index (κ2) is 7.85. The highest BCUT2D eigenvalue weighted by molar-refractivity contribution is 5.77. The number of rotatable bonds is 4. The first-order chi connectivity index (χ1) is 12.1. The normalized spacial score (nSPS) is 18.2. The van der Waals surface area contributed by atoms with Crippen molar-refractivity contribution >= 4 is 5.91 Å². The molecule has 3 rings (SSSR count). The quantitative estimate of drug-likeness (QED) is 0.812. The molecule has 1 saturated heterocycles. The lowest BCUT2D eigenvalue weighted by molar-refractivity contribution is -0.133. The lowest BCUT2D eigenvalue weighted by Crippen LogP contribution is -2.35. The van der Waals surface area contributed by atoms with Gasteiger partial charge in [-0.1, -0.05) is 47.8 Å². The Morgan fingerprint density at radius 3 is 2.80 bits per heavy atom. The molecule has 0 aliphatic carbocycles. The van der Waals surface area contributed by atoms with E-state index < -0.39 is 0 Å². The van der Waals surface area contributed by atoms with Crippen molar-refractivity contribution < 1.29 is 9.32 Å². The van der Waals surface area contributed by atoms with Crippen LogP contribution in [0, 0.1) is 20.8 Å². The SMILES string of the molecule is Cc1cccc([C@H]2CCCCCN2C(=O)CCc2c(C)noc2C)c1. The summed E-state index contributed by atoms with van der Waals surface area (Å²) in [4.78, 5) is 15.1. The fourth-order valence-corrected chi connectivity index (χ4v) is 3.87. The van der Waals surface area contributed by atoms with Crippen molar-refractivity contribution in [3.63, 3.8) is 0 Å². The number of hydrogen-bond acceptors (Lipinski definition) is 3. The number of nitrogens with zero attached hydrogens (tertiary/aromatic N) is 2. The van der Waals surface area contributed by atoms with Crippen molar-refractivity contribution in [2.75, 3.05) is 6.54 Å². The molecule has 1 aliphatic rings. The molecule has 1 fully saturated rings. The predicted molar refractivity (Wildman–Crippen MR) is 98.4 cm³/mol. The summed E-state index contributed by atoms with van der Waals surface area (Å²) in [5, 5.41) is 3.99. The molecule has 0 saturated carbocycles. The number of carbonyl (C=O) groups is 1. The van der Waals surface area contributed by atoms with Crippen LogP contribution in [0.25, 0.3) is 0 Å². The molecule has 1 aliphatic heterocycles. The Balaban J connectivity index is 1.75. The zero-order chi connectivity index (χ0) is 17.8. The molecule has 1 amide bonds. The standard InChI is InChI=1S/C21H28N2O2/c1-15-8-7-9-18(14-15)20-10-5-4-6-13-23(20)21(24)12-11-19-16(2)22-25-17(19)3/h7-9,14,20H,4-6,10-13H2,1-3H3/t20-/m1/s1. The van der Waals surface area contributed by atoms with E-state index in [0.29, 0.717) is 12.8 Å². The number of likely N-dealkylation sites (tertiary alicyclic amines) is 1. The van der Waals surface area contributed by atoms with Gasteiger partial charge in [0.1, 0.15) is 5.76 Å². The van der Waals surface area contributed by atoms with Crippen LogP contribution in [-0.2, 0) is 11.2 Å². The largest absolute Gasteiger partial charge is 0.361 e. The summed E-state index contributed by atoms with van der Waals surface area (Å²) in [6.45, 7) is 6.84. The van der Waals surface area contributed by atoms with Gasteiger partial charge in [-0.3, -0.25) is 4.79 Å². The maximum Gasteiger partial charge on any atom is 0.223 e. The lowest BCUT2D eigenvalue weighted by Gasteiger charge is -2.31. The molecule has 2 heterocycles. The monoisotopic (exact) mass is 340 g/mol. The van der Waals surface area contributed by atoms with Crippen molar-refractivity contribution in [1.82, 2.24) is 10.1 Å². The highest BCUT2D eigenvalue weighted by Gasteiger charge is 2.27. The predicted octanol–water partition coefficient (Wildman–Crippen LogP) is 4.68. The maximum atomic E-state index is 13.0. The van der Waals surface area contributed by atoms with Gasteiger partial charge in [0, 0.05) is 18.5 Å². The van der Waals surface area contributed by atoms with Gasteiger partial charge in [0.2, 0.25) is 5.91 Å². The van der Waals surface area contributed by atoms with Crippen LogP contribution < -0.4 is 0 Å². The average molecular weight is 340 g/mol. The smallest absolute Gasteiger partial charge is 0.223 e. The fourth-order valence-electron chi connectivity index (χ4n) is 3.87. The lowest BCUT2D eigenvalue weighted by atomic mass is 9.98. The minimum absolute atomic E-state index is 0.208. The zero-order valence-corrected chi connectivity index (χ0v) is 15.5. The van der Waals surface area contributed by atoms with E-state index in [0.717, 1.165) is 36.4 Å². The fraction of sp³-hybridized carbons (Fsp3) is 0.524. The summed E-state index contributed by atoms with van der Waals surface area (Å²) in [6, 6.07) is 8.81. The van der Waals surface area contributed by atoms with Gasteiger partial charge >= 0.3 is 0 Å². The molecule has 1 aromatic carbocycles. The van der Waals surface area contributed by atoms with Crippen LogP contribution in [-0.4, -0.2) is 22.5 Å². The van der Waals surface area contributed by atoms with E-state index in [1.807, 2.05) is 13.8 Å². The molecule has 25 heavy (non-hydrogen) atoms. The molecular weight excluding hydrogens is 312 g/mol. The molecule has 4 nitrogen and oxygen atoms in total. The van der Waals surface area contributed by atoms with Gasteiger partial charge in [0.25, 0.3) is 0 Å². The third kappa shape index (κ3) is 4.12. The Morgan fingerprint density at radius 1 is 1.24 bits per heavy atom. The Labute approximate surface area is 150 Å². The second-order valence-corrected chi connectivity index (χ2v) is 7.17. The van der Waals surface area contributed by atoms with Gasteiger partial charge in [0.15, 0.2) is 0 Å². The van der Waals surface area contributed by atoms with Crippen molar-refractivity contribution in [3.05, 3.63) is 52.4 Å². The number of aryl methyl sites for hydroxylation is 3. The Hall–Kier alpha value is -2.10. The van der Waals surface area contributed by atoms with E-state index in [4.69, 9.17) is 4.52 Å². The third-order valence-corrected chi connectivity index (χ3v) is 5.27. The summed E-state index contributed by atoms with van der Waals surface area (Å²) in [5.74, 6) is 1.07. The van der Waals surface area contributed by atoms with E-state index in [9.17, 15) is 4.79 Å². The van der Waals surface area contributed by atoms with Gasteiger partial charge in [-0.15, -0.1) is 0 Å². The van der Waals surface area contributed by atoms with Gasteiger partial charge in [0.05, 0.1) is 11.7 Å². The number of hydrogen-bond donors (Lipinski definition) is 0. The van der Waals surface area contributed by atoms with E-state index in [-0.39, 0.29) is 11.9 Å². The minimum Gasteiger partial charge on any atom is -0.361 e. The van der Waals surface area contributed by atoms with Crippen LogP contribution in [0.3, 0.4) is 0 Å². The van der Waals surface area contributed by atoms with Crippen molar-refractivity contribution in [2.45, 2.75) is 65.3 Å². The van der Waals surface area contributed by atoms with Crippen molar-refractivity contribution in [2.24, 2.45) is 0 Å². The van der Waals surface area contributed by atoms with Gasteiger partial charge < -0.3 is 9.42 Å². The molecule has 0 spiro atoms. The summed E-state index contributed by atoms with van der Waals surface area (Å²) >= 11 is 0. The Bertz CT molecular complexity index is 716. The Morgan fingerprint density at radius 2 is 2.08 bits per heavy atom. The minimum atomic E-state index is 0.208. The van der Waals surface area contributed by atoms with Gasteiger partial charge in [-0.2, -0.15) is 0 Å². The summed E-state index contributed by atoms with van der Waals surface area (Å²) in [6.07, 6.45) is 5.77. The van der Waals surface area contributed by atoms with E-state index in [2.05, 4.69) is 41.2 Å². The molecule has 2 aromatic rings. The van der Waals surface area contributed by atoms with Crippen LogP contribution in [0.2, 0.25) is 0 Å². The molecule has 0 bridgehead atoms. The topological polar surface area (TPSA) is 46.3 Å². The molecule has 134 valence electrons. The summed E-state index contributed by atoms with van der Waals surface area (Å²) in [7, 11) is 0. The Kier molecular flexibility index (Phi) is 5.57. The molecule has 1 atom stereocenters. The first-order valence-electron chi connectivity index (χ1n) is 9.34.